The molecule has 4 nitrogen and oxygen atoms in total. The lowest BCUT2D eigenvalue weighted by Crippen LogP contribution is -2.42. The van der Waals surface area contributed by atoms with Crippen LogP contribution in [0.2, 0.25) is 0 Å². The molecule has 0 bridgehead atoms. The van der Waals surface area contributed by atoms with Gasteiger partial charge in [-0.1, -0.05) is 200 Å². The number of hydrogen-bond acceptors (Lipinski definition) is 2. The van der Waals surface area contributed by atoms with Crippen molar-refractivity contribution < 1.29 is 0 Å². The minimum atomic E-state index is -0.527. The molecular formula is C60H48N4. The predicted octanol–water partition coefficient (Wildman–Crippen LogP) is 13.9. The van der Waals surface area contributed by atoms with Crippen LogP contribution in [0.15, 0.2) is 234 Å². The zero-order valence-corrected chi connectivity index (χ0v) is 36.1. The van der Waals surface area contributed by atoms with Crippen molar-refractivity contribution >= 4 is 33.5 Å². The molecule has 308 valence electrons. The number of rotatable bonds is 8. The van der Waals surface area contributed by atoms with Crippen molar-refractivity contribution in [3.8, 4) is 27.9 Å². The Morgan fingerprint density at radius 3 is 1.91 bits per heavy atom. The Kier molecular flexibility index (Phi) is 9.85. The van der Waals surface area contributed by atoms with E-state index < -0.39 is 5.41 Å². The van der Waals surface area contributed by atoms with Gasteiger partial charge in [0.1, 0.15) is 11.7 Å². The zero-order chi connectivity index (χ0) is 43.1. The van der Waals surface area contributed by atoms with E-state index in [4.69, 9.17) is 9.98 Å². The molecule has 2 aliphatic carbocycles. The lowest BCUT2D eigenvalue weighted by atomic mass is 9.67. The fourth-order valence-corrected chi connectivity index (χ4v) is 10.2. The van der Waals surface area contributed by atoms with Gasteiger partial charge in [-0.25, -0.2) is 0 Å². The molecule has 64 heavy (non-hydrogen) atoms. The van der Waals surface area contributed by atoms with Gasteiger partial charge in [0.05, 0.1) is 23.0 Å². The molecule has 1 aromatic heterocycles. The minimum Gasteiger partial charge on any atom is -0.328 e. The Hall–Kier alpha value is -7.82. The number of amidine groups is 2. The van der Waals surface area contributed by atoms with Gasteiger partial charge in [-0.3, -0.25) is 9.98 Å². The Morgan fingerprint density at radius 2 is 1.22 bits per heavy atom. The van der Waals surface area contributed by atoms with Gasteiger partial charge in [0, 0.05) is 34.5 Å². The molecule has 0 saturated carbocycles. The summed E-state index contributed by atoms with van der Waals surface area (Å²) in [5, 5.41) is 6.18. The third-order valence-corrected chi connectivity index (χ3v) is 13.4. The Labute approximate surface area is 375 Å². The lowest BCUT2D eigenvalue weighted by Gasteiger charge is -2.34. The van der Waals surface area contributed by atoms with Crippen molar-refractivity contribution in [2.45, 2.75) is 25.3 Å². The average Bonchev–Trinajstić information content (AvgIpc) is 3.85. The summed E-state index contributed by atoms with van der Waals surface area (Å²) in [6, 6.07) is 73.0. The van der Waals surface area contributed by atoms with Crippen LogP contribution < -0.4 is 5.32 Å². The molecule has 1 unspecified atom stereocenters. The molecule has 0 amide bonds. The van der Waals surface area contributed by atoms with Crippen LogP contribution in [0.4, 0.5) is 0 Å². The number of nitrogens with zero attached hydrogens (tertiary/aromatic N) is 3. The second-order valence-corrected chi connectivity index (χ2v) is 17.2. The summed E-state index contributed by atoms with van der Waals surface area (Å²) in [7, 11) is 1.86. The summed E-state index contributed by atoms with van der Waals surface area (Å²) in [6.45, 7) is 2.82. The van der Waals surface area contributed by atoms with E-state index >= 15 is 0 Å². The summed E-state index contributed by atoms with van der Waals surface area (Å²) in [6.07, 6.45) is 9.54. The molecule has 0 saturated heterocycles. The topological polar surface area (TPSA) is 41.7 Å². The van der Waals surface area contributed by atoms with E-state index in [9.17, 15) is 0 Å². The zero-order valence-electron chi connectivity index (χ0n) is 36.1. The molecule has 4 heteroatoms. The van der Waals surface area contributed by atoms with E-state index in [1.807, 2.05) is 13.1 Å². The van der Waals surface area contributed by atoms with Crippen molar-refractivity contribution in [3.63, 3.8) is 0 Å². The minimum absolute atomic E-state index is 0.319. The van der Waals surface area contributed by atoms with Crippen LogP contribution >= 0.6 is 0 Å². The van der Waals surface area contributed by atoms with Crippen molar-refractivity contribution in [1.82, 2.24) is 9.88 Å². The number of benzene rings is 8. The van der Waals surface area contributed by atoms with Crippen LogP contribution in [0, 0.1) is 5.41 Å². The van der Waals surface area contributed by atoms with Gasteiger partial charge in [0.25, 0.3) is 0 Å². The third-order valence-electron chi connectivity index (χ3n) is 13.4. The second kappa shape index (κ2) is 16.1. The molecule has 11 rings (SSSR count). The number of aromatic nitrogens is 1. The van der Waals surface area contributed by atoms with Crippen molar-refractivity contribution in [3.05, 3.63) is 258 Å². The SMILES string of the molecule is CN=C(NC(=NCc1ccccc1)C1(C)C=CC=CC1)c1cccc(-n2c3cc(-c4ccccc4)ccc3c3ccc(C4(c5ccccc5)c5ccccc5-c5ccccc54)cc32)c1. The van der Waals surface area contributed by atoms with Crippen LogP contribution in [-0.2, 0) is 12.0 Å². The van der Waals surface area contributed by atoms with Gasteiger partial charge in [-0.15, -0.1) is 0 Å². The Morgan fingerprint density at radius 1 is 0.578 bits per heavy atom. The van der Waals surface area contributed by atoms with Gasteiger partial charge in [0.15, 0.2) is 0 Å². The summed E-state index contributed by atoms with van der Waals surface area (Å²) in [4.78, 5) is 10.1. The maximum absolute atomic E-state index is 5.24. The first-order valence-corrected chi connectivity index (χ1v) is 22.2. The molecule has 1 heterocycles. The summed E-state index contributed by atoms with van der Waals surface area (Å²) < 4.78 is 2.46. The molecule has 0 fully saturated rings. The standard InChI is InChI=1S/C60H48N4/c1-59(36-17-6-18-37-59)58(62-41-42-20-7-3-8-21-42)63-57(61-2)45-24-19-27-48(38-45)64-55-39-44(43-22-9-4-10-23-43)32-34-51(55)52-35-33-47(40-56(52)64)60(46-25-11-5-12-26-46)53-30-15-13-28-49(53)50-29-14-16-31-54(50)60/h3-36,38-40H,37,41H2,1-2H3,(H,61,62,63). The monoisotopic (exact) mass is 824 g/mol. The van der Waals surface area contributed by atoms with Crippen LogP contribution in [0.5, 0.6) is 0 Å². The highest BCUT2D eigenvalue weighted by Crippen LogP contribution is 2.56. The number of aliphatic imine (C=N–C) groups is 2. The van der Waals surface area contributed by atoms with Crippen LogP contribution in [0.3, 0.4) is 0 Å². The van der Waals surface area contributed by atoms with E-state index in [-0.39, 0.29) is 5.41 Å². The van der Waals surface area contributed by atoms with Crippen molar-refractivity contribution in [2.24, 2.45) is 15.4 Å². The van der Waals surface area contributed by atoms with Crippen molar-refractivity contribution in [2.75, 3.05) is 7.05 Å². The molecule has 1 N–H and O–H groups in total. The number of hydrogen-bond donors (Lipinski definition) is 1. The molecule has 0 radical (unpaired) electrons. The molecule has 8 aromatic carbocycles. The first-order chi connectivity index (χ1) is 31.5. The molecular weight excluding hydrogens is 777 g/mol. The van der Waals surface area contributed by atoms with E-state index in [2.05, 4.69) is 235 Å². The van der Waals surface area contributed by atoms with E-state index in [0.29, 0.717) is 6.54 Å². The van der Waals surface area contributed by atoms with Crippen LogP contribution in [-0.4, -0.2) is 23.3 Å². The van der Waals surface area contributed by atoms with Gasteiger partial charge in [-0.05, 0) is 87.7 Å². The highest BCUT2D eigenvalue weighted by Gasteiger charge is 2.46. The number of nitrogens with one attached hydrogen (secondary N) is 1. The first-order valence-electron chi connectivity index (χ1n) is 22.2. The summed E-state index contributed by atoms with van der Waals surface area (Å²) in [5.41, 5.74) is 14.6. The quantitative estimate of drug-likeness (QED) is 0.120. The summed E-state index contributed by atoms with van der Waals surface area (Å²) in [5.74, 6) is 1.66. The molecule has 0 aliphatic heterocycles. The largest absolute Gasteiger partial charge is 0.328 e. The predicted molar refractivity (Wildman–Crippen MR) is 268 cm³/mol. The summed E-state index contributed by atoms with van der Waals surface area (Å²) >= 11 is 0. The molecule has 9 aromatic rings. The van der Waals surface area contributed by atoms with Crippen LogP contribution in [0.1, 0.15) is 46.7 Å². The Bertz CT molecular complexity index is 3270. The normalized spacial score (nSPS) is 16.5. The molecule has 0 spiro atoms. The first kappa shape index (κ1) is 39.1. The smallest absolute Gasteiger partial charge is 0.133 e. The van der Waals surface area contributed by atoms with Gasteiger partial charge < -0.3 is 9.88 Å². The Balaban J connectivity index is 1.11. The van der Waals surface area contributed by atoms with Crippen molar-refractivity contribution in [1.29, 1.82) is 0 Å². The van der Waals surface area contributed by atoms with Gasteiger partial charge in [-0.2, -0.15) is 0 Å². The molecule has 2 aliphatic rings. The van der Waals surface area contributed by atoms with Gasteiger partial charge >= 0.3 is 0 Å². The fraction of sp³-hybridized carbons (Fsp3) is 0.100. The van der Waals surface area contributed by atoms with E-state index in [0.717, 1.165) is 45.9 Å². The fourth-order valence-electron chi connectivity index (χ4n) is 10.2. The number of allylic oxidation sites excluding steroid dienone is 3. The molecule has 1 atom stereocenters. The highest BCUT2D eigenvalue weighted by atomic mass is 15.1. The average molecular weight is 825 g/mol. The number of fused-ring (bicyclic) bond motifs is 6. The second-order valence-electron chi connectivity index (χ2n) is 17.2. The van der Waals surface area contributed by atoms with Gasteiger partial charge in [0.2, 0.25) is 0 Å². The maximum Gasteiger partial charge on any atom is 0.133 e. The maximum atomic E-state index is 5.24. The van der Waals surface area contributed by atoms with Crippen LogP contribution in [0.25, 0.3) is 49.7 Å². The highest BCUT2D eigenvalue weighted by molar-refractivity contribution is 6.13. The third kappa shape index (κ3) is 6.53. The lowest BCUT2D eigenvalue weighted by molar-refractivity contribution is 0.584. The van der Waals surface area contributed by atoms with E-state index in [1.165, 1.54) is 55.3 Å². The van der Waals surface area contributed by atoms with E-state index in [1.54, 1.807) is 0 Å².